The molecule has 1 aromatic carbocycles. The van der Waals surface area contributed by atoms with Crippen LogP contribution < -0.4 is 10.1 Å². The fraction of sp³-hybridized carbons (Fsp3) is 0.500. The largest absolute Gasteiger partial charge is 0.490 e. The fourth-order valence-corrected chi connectivity index (χ4v) is 1.92. The van der Waals surface area contributed by atoms with E-state index in [1.807, 2.05) is 6.07 Å². The lowest BCUT2D eigenvalue weighted by Crippen LogP contribution is -2.26. The molecule has 0 heterocycles. The number of rotatable bonds is 9. The van der Waals surface area contributed by atoms with Crippen LogP contribution in [0.25, 0.3) is 0 Å². The van der Waals surface area contributed by atoms with E-state index in [1.165, 1.54) is 0 Å². The summed E-state index contributed by atoms with van der Waals surface area (Å²) in [6.07, 6.45) is 0.774. The van der Waals surface area contributed by atoms with Crippen molar-refractivity contribution in [3.63, 3.8) is 0 Å². The van der Waals surface area contributed by atoms with E-state index in [2.05, 4.69) is 21.2 Å². The quantitative estimate of drug-likeness (QED) is 0.697. The third kappa shape index (κ3) is 5.90. The minimum Gasteiger partial charge on any atom is -0.490 e. The van der Waals surface area contributed by atoms with E-state index in [9.17, 15) is 4.79 Å². The summed E-state index contributed by atoms with van der Waals surface area (Å²) in [7, 11) is 3.24. The highest BCUT2D eigenvalue weighted by Gasteiger charge is 2.12. The van der Waals surface area contributed by atoms with Crippen molar-refractivity contribution in [1.29, 1.82) is 0 Å². The molecule has 0 bridgehead atoms. The molecule has 0 radical (unpaired) electrons. The van der Waals surface area contributed by atoms with E-state index in [-0.39, 0.29) is 5.91 Å². The number of ether oxygens (including phenoxy) is 3. The number of carbonyl (C=O) groups is 1. The first-order valence-corrected chi connectivity index (χ1v) is 7.16. The van der Waals surface area contributed by atoms with Gasteiger partial charge < -0.3 is 19.5 Å². The highest BCUT2D eigenvalue weighted by Crippen LogP contribution is 2.23. The Kier molecular flexibility index (Phi) is 8.25. The molecule has 0 saturated heterocycles. The molecule has 20 heavy (non-hydrogen) atoms. The standard InChI is InChI=1S/C14H20BrNO4/c1-18-7-3-6-16-14(17)12-10-11(15)4-5-13(12)20-9-8-19-2/h4-5,10H,3,6-9H2,1-2H3,(H,16,17). The van der Waals surface area contributed by atoms with Crippen LogP contribution in [0.15, 0.2) is 22.7 Å². The second kappa shape index (κ2) is 9.74. The molecule has 0 aromatic heterocycles. The van der Waals surface area contributed by atoms with Crippen molar-refractivity contribution < 1.29 is 19.0 Å². The Morgan fingerprint density at radius 3 is 2.65 bits per heavy atom. The maximum Gasteiger partial charge on any atom is 0.255 e. The van der Waals surface area contributed by atoms with Crippen molar-refractivity contribution in [1.82, 2.24) is 5.32 Å². The molecule has 0 saturated carbocycles. The Balaban J connectivity index is 2.64. The van der Waals surface area contributed by atoms with Crippen LogP contribution in [-0.4, -0.2) is 46.5 Å². The summed E-state index contributed by atoms with van der Waals surface area (Å²) in [4.78, 5) is 12.1. The van der Waals surface area contributed by atoms with E-state index in [0.717, 1.165) is 10.9 Å². The van der Waals surface area contributed by atoms with E-state index >= 15 is 0 Å². The third-order valence-electron chi connectivity index (χ3n) is 2.54. The monoisotopic (exact) mass is 345 g/mol. The molecule has 0 unspecified atom stereocenters. The average Bonchev–Trinajstić information content (AvgIpc) is 2.45. The predicted octanol–water partition coefficient (Wildman–Crippen LogP) is 2.24. The fourth-order valence-electron chi connectivity index (χ4n) is 1.55. The highest BCUT2D eigenvalue weighted by atomic mass is 79.9. The molecule has 1 rings (SSSR count). The van der Waals surface area contributed by atoms with E-state index in [1.54, 1.807) is 26.4 Å². The Morgan fingerprint density at radius 1 is 1.20 bits per heavy atom. The van der Waals surface area contributed by atoms with Crippen LogP contribution in [0.2, 0.25) is 0 Å². The molecule has 1 amide bonds. The first-order valence-electron chi connectivity index (χ1n) is 6.37. The summed E-state index contributed by atoms with van der Waals surface area (Å²) in [5.41, 5.74) is 0.507. The van der Waals surface area contributed by atoms with Gasteiger partial charge in [0.1, 0.15) is 12.4 Å². The van der Waals surface area contributed by atoms with Crippen LogP contribution in [0.5, 0.6) is 5.75 Å². The Labute approximate surface area is 127 Å². The van der Waals surface area contributed by atoms with E-state index < -0.39 is 0 Å². The highest BCUT2D eigenvalue weighted by molar-refractivity contribution is 9.10. The van der Waals surface area contributed by atoms with Crippen LogP contribution in [0.4, 0.5) is 0 Å². The molecule has 112 valence electrons. The molecule has 6 heteroatoms. The summed E-state index contributed by atoms with van der Waals surface area (Å²) >= 11 is 3.36. The number of halogens is 1. The van der Waals surface area contributed by atoms with Crippen LogP contribution in [0.1, 0.15) is 16.8 Å². The zero-order valence-electron chi connectivity index (χ0n) is 11.8. The van der Waals surface area contributed by atoms with E-state index in [4.69, 9.17) is 14.2 Å². The SMILES string of the molecule is COCCCNC(=O)c1cc(Br)ccc1OCCOC. The van der Waals surface area contributed by atoms with Crippen molar-refractivity contribution in [2.24, 2.45) is 0 Å². The maximum absolute atomic E-state index is 12.1. The van der Waals surface area contributed by atoms with Gasteiger partial charge in [0, 0.05) is 31.8 Å². The van der Waals surface area contributed by atoms with Gasteiger partial charge in [0.05, 0.1) is 12.2 Å². The Hall–Kier alpha value is -1.11. The number of carbonyl (C=O) groups excluding carboxylic acids is 1. The molecule has 0 aliphatic heterocycles. The van der Waals surface area contributed by atoms with Gasteiger partial charge in [-0.05, 0) is 24.6 Å². The normalized spacial score (nSPS) is 10.3. The smallest absolute Gasteiger partial charge is 0.255 e. The topological polar surface area (TPSA) is 56.8 Å². The Morgan fingerprint density at radius 2 is 1.95 bits per heavy atom. The zero-order chi connectivity index (χ0) is 14.8. The number of hydrogen-bond donors (Lipinski definition) is 1. The number of benzene rings is 1. The summed E-state index contributed by atoms with van der Waals surface area (Å²) in [6, 6.07) is 5.35. The first-order chi connectivity index (χ1) is 9.69. The number of hydrogen-bond acceptors (Lipinski definition) is 4. The summed E-state index contributed by atoms with van der Waals surface area (Å²) < 4.78 is 16.3. The molecular weight excluding hydrogens is 326 g/mol. The molecule has 1 aromatic rings. The summed E-state index contributed by atoms with van der Waals surface area (Å²) in [5.74, 6) is 0.393. The van der Waals surface area contributed by atoms with Gasteiger partial charge in [0.25, 0.3) is 5.91 Å². The van der Waals surface area contributed by atoms with Gasteiger partial charge >= 0.3 is 0 Å². The van der Waals surface area contributed by atoms with Gasteiger partial charge in [0.15, 0.2) is 0 Å². The van der Waals surface area contributed by atoms with Gasteiger partial charge in [-0.3, -0.25) is 4.79 Å². The van der Waals surface area contributed by atoms with Crippen LogP contribution in [0, 0.1) is 0 Å². The molecular formula is C14H20BrNO4. The molecule has 5 nitrogen and oxygen atoms in total. The zero-order valence-corrected chi connectivity index (χ0v) is 13.4. The molecule has 0 spiro atoms. The molecule has 0 aliphatic carbocycles. The number of methoxy groups -OCH3 is 2. The molecule has 0 fully saturated rings. The number of amides is 1. The molecule has 1 N–H and O–H groups in total. The third-order valence-corrected chi connectivity index (χ3v) is 3.04. The minimum atomic E-state index is -0.158. The van der Waals surface area contributed by atoms with Gasteiger partial charge in [0.2, 0.25) is 0 Å². The molecule has 0 atom stereocenters. The van der Waals surface area contributed by atoms with Gasteiger partial charge in [-0.15, -0.1) is 0 Å². The predicted molar refractivity (Wildman–Crippen MR) is 80.3 cm³/mol. The average molecular weight is 346 g/mol. The lowest BCUT2D eigenvalue weighted by atomic mass is 10.2. The summed E-state index contributed by atoms with van der Waals surface area (Å²) in [5, 5.41) is 2.84. The number of nitrogens with one attached hydrogen (secondary N) is 1. The van der Waals surface area contributed by atoms with Gasteiger partial charge in [-0.2, -0.15) is 0 Å². The van der Waals surface area contributed by atoms with Crippen molar-refractivity contribution in [2.45, 2.75) is 6.42 Å². The van der Waals surface area contributed by atoms with Crippen molar-refractivity contribution in [2.75, 3.05) is 40.6 Å². The minimum absolute atomic E-state index is 0.158. The van der Waals surface area contributed by atoms with Gasteiger partial charge in [-0.25, -0.2) is 0 Å². The lowest BCUT2D eigenvalue weighted by molar-refractivity contribution is 0.0941. The molecule has 0 aliphatic rings. The van der Waals surface area contributed by atoms with Gasteiger partial charge in [-0.1, -0.05) is 15.9 Å². The van der Waals surface area contributed by atoms with Crippen molar-refractivity contribution in [3.8, 4) is 5.75 Å². The first kappa shape index (κ1) is 16.9. The van der Waals surface area contributed by atoms with E-state index in [0.29, 0.717) is 37.7 Å². The van der Waals surface area contributed by atoms with Crippen molar-refractivity contribution >= 4 is 21.8 Å². The second-order valence-corrected chi connectivity index (χ2v) is 5.00. The van der Waals surface area contributed by atoms with Crippen LogP contribution in [-0.2, 0) is 9.47 Å². The second-order valence-electron chi connectivity index (χ2n) is 4.08. The maximum atomic E-state index is 12.1. The van der Waals surface area contributed by atoms with Crippen molar-refractivity contribution in [3.05, 3.63) is 28.2 Å². The van der Waals surface area contributed by atoms with Crippen LogP contribution in [0.3, 0.4) is 0 Å². The lowest BCUT2D eigenvalue weighted by Gasteiger charge is -2.12. The Bertz CT molecular complexity index is 426. The summed E-state index contributed by atoms with van der Waals surface area (Å²) in [6.45, 7) is 2.07. The van der Waals surface area contributed by atoms with Crippen LogP contribution >= 0.6 is 15.9 Å².